The van der Waals surface area contributed by atoms with Gasteiger partial charge in [-0.05, 0) is 17.7 Å². The molecule has 2 aromatic rings. The van der Waals surface area contributed by atoms with Gasteiger partial charge in [0.1, 0.15) is 5.82 Å². The number of halogens is 1. The normalized spacial score (nSPS) is 9.35. The van der Waals surface area contributed by atoms with Gasteiger partial charge in [0.05, 0.1) is 12.9 Å². The van der Waals surface area contributed by atoms with Gasteiger partial charge in [0.15, 0.2) is 0 Å². The minimum Gasteiger partial charge on any atom is -0.330 e. The number of rotatable bonds is 5. The van der Waals surface area contributed by atoms with Crippen molar-refractivity contribution in [2.24, 2.45) is 4.99 Å². The Balaban J connectivity index is 0.000000956. The maximum atomic E-state index is 13.1. The number of aliphatic imine (C=N–C) groups is 1. The smallest absolute Gasteiger partial charge is 0.234 e. The Bertz CT molecular complexity index is 574. The van der Waals surface area contributed by atoms with Crippen molar-refractivity contribution in [1.29, 1.82) is 0 Å². The largest absolute Gasteiger partial charge is 0.330 e. The first-order valence-corrected chi connectivity index (χ1v) is 6.56. The van der Waals surface area contributed by atoms with E-state index in [9.17, 15) is 9.18 Å². The molecule has 0 atom stereocenters. The molecule has 0 unspecified atom stereocenters. The van der Waals surface area contributed by atoms with Crippen LogP contribution in [0.5, 0.6) is 0 Å². The second kappa shape index (κ2) is 8.77. The van der Waals surface area contributed by atoms with Crippen LogP contribution in [0.25, 0.3) is 0 Å². The first-order chi connectivity index (χ1) is 9.79. The minimum absolute atomic E-state index is 0.250. The first-order valence-electron chi connectivity index (χ1n) is 6.56. The summed E-state index contributed by atoms with van der Waals surface area (Å²) in [6.45, 7) is 4.94. The number of isocyanates is 1. The van der Waals surface area contributed by atoms with Crippen LogP contribution < -0.4 is 0 Å². The highest BCUT2D eigenvalue weighted by atomic mass is 19.1. The molecule has 0 radical (unpaired) electrons. The monoisotopic (exact) mass is 275 g/mol. The zero-order valence-corrected chi connectivity index (χ0v) is 11.7. The predicted octanol–water partition coefficient (Wildman–Crippen LogP) is 2.98. The molecule has 106 valence electrons. The highest BCUT2D eigenvalue weighted by Crippen LogP contribution is 2.08. The highest BCUT2D eigenvalue weighted by Gasteiger charge is 2.03. The number of hydrogen-bond donors (Lipinski definition) is 0. The Morgan fingerprint density at radius 3 is 2.90 bits per heavy atom. The zero-order valence-electron chi connectivity index (χ0n) is 11.7. The van der Waals surface area contributed by atoms with Crippen LogP contribution in [0.2, 0.25) is 0 Å². The van der Waals surface area contributed by atoms with Crippen LogP contribution in [-0.4, -0.2) is 22.2 Å². The maximum Gasteiger partial charge on any atom is 0.234 e. The minimum atomic E-state index is -0.250. The van der Waals surface area contributed by atoms with Crippen molar-refractivity contribution >= 4 is 6.08 Å². The van der Waals surface area contributed by atoms with E-state index in [-0.39, 0.29) is 5.82 Å². The quantitative estimate of drug-likeness (QED) is 0.622. The number of benzene rings is 1. The van der Waals surface area contributed by atoms with E-state index in [2.05, 4.69) is 9.98 Å². The predicted molar refractivity (Wildman–Crippen MR) is 75.8 cm³/mol. The van der Waals surface area contributed by atoms with Crippen molar-refractivity contribution in [2.75, 3.05) is 6.54 Å². The molecule has 0 fully saturated rings. The van der Waals surface area contributed by atoms with Crippen molar-refractivity contribution in [3.8, 4) is 0 Å². The summed E-state index contributed by atoms with van der Waals surface area (Å²) in [7, 11) is 0. The molecule has 0 saturated carbocycles. The first kappa shape index (κ1) is 15.8. The van der Waals surface area contributed by atoms with Crippen molar-refractivity contribution in [3.63, 3.8) is 0 Å². The molecule has 0 aliphatic heterocycles. The molecular formula is C15H18FN3O. The molecule has 0 aliphatic rings. The number of aromatic nitrogens is 2. The van der Waals surface area contributed by atoms with Crippen molar-refractivity contribution < 1.29 is 9.18 Å². The molecule has 2 rings (SSSR count). The Kier molecular flexibility index (Phi) is 6.93. The molecule has 0 N–H and O–H groups in total. The summed E-state index contributed by atoms with van der Waals surface area (Å²) < 4.78 is 15.0. The fourth-order valence-electron chi connectivity index (χ4n) is 1.75. The number of carbonyl (C=O) groups excluding carboxylic acids is 1. The third-order valence-corrected chi connectivity index (χ3v) is 2.58. The lowest BCUT2D eigenvalue weighted by atomic mass is 10.2. The van der Waals surface area contributed by atoms with E-state index >= 15 is 0 Å². The van der Waals surface area contributed by atoms with Crippen LogP contribution >= 0.6 is 0 Å². The van der Waals surface area contributed by atoms with Gasteiger partial charge in [0.25, 0.3) is 0 Å². The number of imidazole rings is 1. The lowest BCUT2D eigenvalue weighted by Gasteiger charge is -2.07. The molecule has 0 amide bonds. The average molecular weight is 275 g/mol. The standard InChI is InChI=1S/C13H12FN3O.C2H6/c14-12-3-1-2-11(6-12)8-17-9-16-7-13(17)4-5-15-10-18;1-2/h1-3,6-7,9H,4-5,8H2;1-2H3. The van der Waals surface area contributed by atoms with E-state index in [1.165, 1.54) is 18.2 Å². The van der Waals surface area contributed by atoms with Gasteiger partial charge in [-0.15, -0.1) is 0 Å². The third-order valence-electron chi connectivity index (χ3n) is 2.58. The molecule has 1 heterocycles. The van der Waals surface area contributed by atoms with E-state index in [4.69, 9.17) is 0 Å². The van der Waals surface area contributed by atoms with Gasteiger partial charge in [-0.3, -0.25) is 0 Å². The fourth-order valence-corrected chi connectivity index (χ4v) is 1.75. The highest BCUT2D eigenvalue weighted by molar-refractivity contribution is 5.32. The van der Waals surface area contributed by atoms with Crippen LogP contribution in [-0.2, 0) is 17.8 Å². The van der Waals surface area contributed by atoms with Crippen LogP contribution in [0.4, 0.5) is 4.39 Å². The van der Waals surface area contributed by atoms with Crippen molar-refractivity contribution in [3.05, 3.63) is 53.9 Å². The molecule has 0 bridgehead atoms. The lowest BCUT2D eigenvalue weighted by Crippen LogP contribution is -2.04. The molecule has 4 nitrogen and oxygen atoms in total. The SMILES string of the molecule is CC.O=C=NCCc1cncn1Cc1cccc(F)c1. The zero-order chi connectivity index (χ0) is 14.8. The molecule has 0 saturated heterocycles. The van der Waals surface area contributed by atoms with E-state index < -0.39 is 0 Å². The number of hydrogen-bond acceptors (Lipinski definition) is 3. The van der Waals surface area contributed by atoms with Crippen LogP contribution in [0.1, 0.15) is 25.1 Å². The summed E-state index contributed by atoms with van der Waals surface area (Å²) in [5, 5.41) is 0. The van der Waals surface area contributed by atoms with E-state index in [1.807, 2.05) is 24.5 Å². The van der Waals surface area contributed by atoms with Gasteiger partial charge >= 0.3 is 0 Å². The fraction of sp³-hybridized carbons (Fsp3) is 0.333. The van der Waals surface area contributed by atoms with Crippen molar-refractivity contribution in [1.82, 2.24) is 9.55 Å². The van der Waals surface area contributed by atoms with Gasteiger partial charge in [-0.1, -0.05) is 26.0 Å². The van der Waals surface area contributed by atoms with E-state index in [1.54, 1.807) is 18.6 Å². The Morgan fingerprint density at radius 2 is 2.20 bits per heavy atom. The molecule has 1 aromatic heterocycles. The van der Waals surface area contributed by atoms with Gasteiger partial charge in [-0.25, -0.2) is 19.2 Å². The molecule has 20 heavy (non-hydrogen) atoms. The van der Waals surface area contributed by atoms with Crippen LogP contribution in [0, 0.1) is 5.82 Å². The van der Waals surface area contributed by atoms with Crippen LogP contribution in [0.3, 0.4) is 0 Å². The second-order valence-corrected chi connectivity index (χ2v) is 3.87. The maximum absolute atomic E-state index is 13.1. The van der Waals surface area contributed by atoms with E-state index in [0.29, 0.717) is 19.5 Å². The molecular weight excluding hydrogens is 257 g/mol. The molecule has 0 spiro atoms. The van der Waals surface area contributed by atoms with Gasteiger partial charge in [-0.2, -0.15) is 0 Å². The third kappa shape index (κ3) is 4.78. The van der Waals surface area contributed by atoms with E-state index in [0.717, 1.165) is 11.3 Å². The average Bonchev–Trinajstić information content (AvgIpc) is 2.89. The van der Waals surface area contributed by atoms with Gasteiger partial charge in [0.2, 0.25) is 6.08 Å². The van der Waals surface area contributed by atoms with Crippen molar-refractivity contribution in [2.45, 2.75) is 26.8 Å². The Morgan fingerprint density at radius 1 is 1.40 bits per heavy atom. The van der Waals surface area contributed by atoms with Gasteiger partial charge < -0.3 is 4.57 Å². The summed E-state index contributed by atoms with van der Waals surface area (Å²) in [5.41, 5.74) is 1.83. The summed E-state index contributed by atoms with van der Waals surface area (Å²) in [5.74, 6) is -0.250. The molecule has 5 heteroatoms. The number of nitrogens with zero attached hydrogens (tertiary/aromatic N) is 3. The summed E-state index contributed by atoms with van der Waals surface area (Å²) in [6.07, 6.45) is 5.53. The van der Waals surface area contributed by atoms with Gasteiger partial charge in [0, 0.05) is 24.9 Å². The lowest BCUT2D eigenvalue weighted by molar-refractivity contribution is 0.562. The molecule has 0 aliphatic carbocycles. The second-order valence-electron chi connectivity index (χ2n) is 3.87. The summed E-state index contributed by atoms with van der Waals surface area (Å²) in [4.78, 5) is 17.5. The summed E-state index contributed by atoms with van der Waals surface area (Å²) >= 11 is 0. The Hall–Kier alpha value is -2.26. The Labute approximate surface area is 118 Å². The summed E-state index contributed by atoms with van der Waals surface area (Å²) in [6, 6.07) is 6.44. The molecule has 1 aromatic carbocycles. The van der Waals surface area contributed by atoms with Crippen LogP contribution in [0.15, 0.2) is 41.8 Å². The topological polar surface area (TPSA) is 47.2 Å².